The van der Waals surface area contributed by atoms with Gasteiger partial charge in [0, 0.05) is 16.1 Å². The lowest BCUT2D eigenvalue weighted by Crippen LogP contribution is -2.11. The Bertz CT molecular complexity index is 944. The molecule has 0 atom stereocenters. The summed E-state index contributed by atoms with van der Waals surface area (Å²) in [6.45, 7) is 1.74. The number of esters is 1. The number of rotatable bonds is 3. The number of aromatic nitrogens is 2. The molecule has 0 spiro atoms. The molecule has 25 heavy (non-hydrogen) atoms. The molecule has 0 saturated carbocycles. The van der Waals surface area contributed by atoms with Gasteiger partial charge in [-0.15, -0.1) is 0 Å². The molecule has 0 aliphatic rings. The molecule has 0 radical (unpaired) electrons. The highest BCUT2D eigenvalue weighted by atomic mass is 35.5. The van der Waals surface area contributed by atoms with Crippen LogP contribution in [0.2, 0.25) is 10.0 Å². The second-order valence-corrected chi connectivity index (χ2v) is 6.18. The molecule has 0 amide bonds. The average Bonchev–Trinajstić information content (AvgIpc) is 2.61. The molecule has 1 heterocycles. The third-order valence-electron chi connectivity index (χ3n) is 3.70. The van der Waals surface area contributed by atoms with Crippen LogP contribution in [0.4, 0.5) is 0 Å². The van der Waals surface area contributed by atoms with Gasteiger partial charge >= 0.3 is 5.97 Å². The largest absolute Gasteiger partial charge is 0.465 e. The Balaban J connectivity index is 2.29. The molecule has 3 rings (SSSR count). The van der Waals surface area contributed by atoms with Crippen LogP contribution in [-0.4, -0.2) is 23.0 Å². The van der Waals surface area contributed by atoms with E-state index in [1.54, 1.807) is 25.1 Å². The Morgan fingerprint density at radius 2 is 1.76 bits per heavy atom. The zero-order valence-electron chi connectivity index (χ0n) is 13.6. The summed E-state index contributed by atoms with van der Waals surface area (Å²) in [7, 11) is 1.32. The number of ether oxygens (including phenoxy) is 1. The third-order valence-corrected chi connectivity index (χ3v) is 4.25. The molecule has 3 aromatic rings. The van der Waals surface area contributed by atoms with Crippen molar-refractivity contribution in [3.63, 3.8) is 0 Å². The summed E-state index contributed by atoms with van der Waals surface area (Å²) in [5, 5.41) is 0.900. The van der Waals surface area contributed by atoms with Gasteiger partial charge in [-0.2, -0.15) is 0 Å². The van der Waals surface area contributed by atoms with Crippen LogP contribution in [-0.2, 0) is 4.74 Å². The predicted octanol–water partition coefficient (Wildman–Crippen LogP) is 5.21. The number of methoxy groups -OCH3 is 1. The maximum atomic E-state index is 12.3. The van der Waals surface area contributed by atoms with Crippen molar-refractivity contribution in [3.05, 3.63) is 69.8 Å². The topological polar surface area (TPSA) is 52.1 Å². The SMILES string of the molecule is COC(=O)c1c(C)nc(-c2ccccc2)nc1-c1ccc(Cl)cc1Cl. The van der Waals surface area contributed by atoms with E-state index in [0.29, 0.717) is 32.8 Å². The molecular weight excluding hydrogens is 359 g/mol. The van der Waals surface area contributed by atoms with Crippen LogP contribution in [0.25, 0.3) is 22.6 Å². The molecule has 0 aliphatic heterocycles. The van der Waals surface area contributed by atoms with Gasteiger partial charge in [-0.3, -0.25) is 0 Å². The lowest BCUT2D eigenvalue weighted by Gasteiger charge is -2.13. The van der Waals surface area contributed by atoms with Crippen LogP contribution in [0, 0.1) is 6.92 Å². The van der Waals surface area contributed by atoms with Gasteiger partial charge in [0.25, 0.3) is 0 Å². The molecule has 0 N–H and O–H groups in total. The number of benzene rings is 2. The predicted molar refractivity (Wildman–Crippen MR) is 99.0 cm³/mol. The fourth-order valence-electron chi connectivity index (χ4n) is 2.51. The minimum atomic E-state index is -0.516. The van der Waals surface area contributed by atoms with Gasteiger partial charge in [0.15, 0.2) is 5.82 Å². The lowest BCUT2D eigenvalue weighted by molar-refractivity contribution is 0.0600. The van der Waals surface area contributed by atoms with E-state index in [1.807, 2.05) is 30.3 Å². The molecule has 0 aliphatic carbocycles. The molecule has 4 nitrogen and oxygen atoms in total. The molecule has 0 saturated heterocycles. The van der Waals surface area contributed by atoms with E-state index in [1.165, 1.54) is 7.11 Å². The maximum Gasteiger partial charge on any atom is 0.341 e. The zero-order valence-corrected chi connectivity index (χ0v) is 15.1. The summed E-state index contributed by atoms with van der Waals surface area (Å²) in [6.07, 6.45) is 0. The van der Waals surface area contributed by atoms with Crippen molar-refractivity contribution < 1.29 is 9.53 Å². The number of nitrogens with zero attached hydrogens (tertiary/aromatic N) is 2. The fourth-order valence-corrected chi connectivity index (χ4v) is 3.01. The highest BCUT2D eigenvalue weighted by molar-refractivity contribution is 6.36. The van der Waals surface area contributed by atoms with E-state index >= 15 is 0 Å². The number of carbonyl (C=O) groups excluding carboxylic acids is 1. The molecule has 6 heteroatoms. The van der Waals surface area contributed by atoms with E-state index in [-0.39, 0.29) is 5.56 Å². The summed E-state index contributed by atoms with van der Waals surface area (Å²) in [5.41, 5.74) is 2.65. The van der Waals surface area contributed by atoms with Gasteiger partial charge in [-0.25, -0.2) is 14.8 Å². The molecule has 2 aromatic carbocycles. The highest BCUT2D eigenvalue weighted by Crippen LogP contribution is 2.33. The van der Waals surface area contributed by atoms with Crippen LogP contribution in [0.15, 0.2) is 48.5 Å². The number of halogens is 2. The van der Waals surface area contributed by atoms with Gasteiger partial charge in [-0.1, -0.05) is 53.5 Å². The summed E-state index contributed by atoms with van der Waals surface area (Å²) in [5.74, 6) is -0.00935. The Kier molecular flexibility index (Phi) is 5.02. The van der Waals surface area contributed by atoms with E-state index < -0.39 is 5.97 Å². The van der Waals surface area contributed by atoms with Gasteiger partial charge < -0.3 is 4.74 Å². The first kappa shape index (κ1) is 17.4. The Hall–Kier alpha value is -2.43. The van der Waals surface area contributed by atoms with Gasteiger partial charge in [0.05, 0.1) is 23.5 Å². The first-order chi connectivity index (χ1) is 12.0. The first-order valence-corrected chi connectivity index (χ1v) is 8.24. The quantitative estimate of drug-likeness (QED) is 0.591. The van der Waals surface area contributed by atoms with Crippen molar-refractivity contribution in [1.82, 2.24) is 9.97 Å². The van der Waals surface area contributed by atoms with E-state index in [0.717, 1.165) is 5.56 Å². The highest BCUT2D eigenvalue weighted by Gasteiger charge is 2.22. The summed E-state index contributed by atoms with van der Waals surface area (Å²) >= 11 is 12.3. The van der Waals surface area contributed by atoms with Crippen molar-refractivity contribution in [2.45, 2.75) is 6.92 Å². The van der Waals surface area contributed by atoms with Crippen LogP contribution in [0.1, 0.15) is 16.1 Å². The molecule has 1 aromatic heterocycles. The monoisotopic (exact) mass is 372 g/mol. The fraction of sp³-hybridized carbons (Fsp3) is 0.105. The smallest absolute Gasteiger partial charge is 0.341 e. The lowest BCUT2D eigenvalue weighted by atomic mass is 10.0. The standard InChI is InChI=1S/C19H14Cl2N2O2/c1-11-16(19(24)25-2)17(14-9-8-13(20)10-15(14)21)23-18(22-11)12-6-4-3-5-7-12/h3-10H,1-2H3. The van der Waals surface area contributed by atoms with Crippen LogP contribution in [0.5, 0.6) is 0 Å². The minimum absolute atomic E-state index is 0.284. The minimum Gasteiger partial charge on any atom is -0.465 e. The normalized spacial score (nSPS) is 10.6. The van der Waals surface area contributed by atoms with Crippen molar-refractivity contribution >= 4 is 29.2 Å². The molecule has 0 fully saturated rings. The molecule has 126 valence electrons. The van der Waals surface area contributed by atoms with Crippen molar-refractivity contribution in [2.75, 3.05) is 7.11 Å². The van der Waals surface area contributed by atoms with Crippen LogP contribution in [0.3, 0.4) is 0 Å². The Morgan fingerprint density at radius 3 is 2.40 bits per heavy atom. The summed E-state index contributed by atoms with van der Waals surface area (Å²) in [6, 6.07) is 14.6. The summed E-state index contributed by atoms with van der Waals surface area (Å²) < 4.78 is 4.90. The Morgan fingerprint density at radius 1 is 1.04 bits per heavy atom. The van der Waals surface area contributed by atoms with Crippen molar-refractivity contribution in [2.24, 2.45) is 0 Å². The second kappa shape index (κ2) is 7.21. The maximum absolute atomic E-state index is 12.3. The van der Waals surface area contributed by atoms with Gasteiger partial charge in [0.1, 0.15) is 5.56 Å². The second-order valence-electron chi connectivity index (χ2n) is 5.34. The van der Waals surface area contributed by atoms with Crippen molar-refractivity contribution in [1.29, 1.82) is 0 Å². The third kappa shape index (κ3) is 3.50. The van der Waals surface area contributed by atoms with Gasteiger partial charge in [-0.05, 0) is 25.1 Å². The molecule has 0 bridgehead atoms. The molecular formula is C19H14Cl2N2O2. The van der Waals surface area contributed by atoms with Gasteiger partial charge in [0.2, 0.25) is 0 Å². The van der Waals surface area contributed by atoms with E-state index in [2.05, 4.69) is 9.97 Å². The number of hydrogen-bond donors (Lipinski definition) is 0. The number of aryl methyl sites for hydroxylation is 1. The molecule has 0 unspecified atom stereocenters. The van der Waals surface area contributed by atoms with E-state index in [4.69, 9.17) is 27.9 Å². The van der Waals surface area contributed by atoms with Crippen molar-refractivity contribution in [3.8, 4) is 22.6 Å². The Labute approximate surface area is 155 Å². The average molecular weight is 373 g/mol. The van der Waals surface area contributed by atoms with E-state index in [9.17, 15) is 4.79 Å². The summed E-state index contributed by atoms with van der Waals surface area (Å²) in [4.78, 5) is 21.3. The van der Waals surface area contributed by atoms with Crippen LogP contribution < -0.4 is 0 Å². The first-order valence-electron chi connectivity index (χ1n) is 7.49. The number of carbonyl (C=O) groups is 1. The van der Waals surface area contributed by atoms with Crippen LogP contribution >= 0.6 is 23.2 Å². The number of hydrogen-bond acceptors (Lipinski definition) is 4. The zero-order chi connectivity index (χ0) is 18.0.